The van der Waals surface area contributed by atoms with Gasteiger partial charge in [0.2, 0.25) is 11.1 Å². The van der Waals surface area contributed by atoms with E-state index in [1.807, 2.05) is 73.8 Å². The van der Waals surface area contributed by atoms with Gasteiger partial charge >= 0.3 is 0 Å². The van der Waals surface area contributed by atoms with Crippen LogP contribution in [0.25, 0.3) is 5.69 Å². The molecule has 3 aromatic carbocycles. The van der Waals surface area contributed by atoms with Crippen molar-refractivity contribution >= 4 is 17.7 Å². The van der Waals surface area contributed by atoms with Gasteiger partial charge < -0.3 is 4.90 Å². The Bertz CT molecular complexity index is 1040. The van der Waals surface area contributed by atoms with Crippen molar-refractivity contribution in [1.29, 1.82) is 0 Å². The Hall–Kier alpha value is -3.38. The van der Waals surface area contributed by atoms with Crippen molar-refractivity contribution < 1.29 is 4.79 Å². The number of thioether (sulfide) groups is 1. The quantitative estimate of drug-likeness (QED) is 0.415. The van der Waals surface area contributed by atoms with Crippen LogP contribution in [-0.2, 0) is 4.79 Å². The first kappa shape index (κ1) is 19.9. The summed E-state index contributed by atoms with van der Waals surface area (Å²) < 4.78 is 1.72. The molecule has 0 atom stereocenters. The number of aromatic nitrogens is 3. The van der Waals surface area contributed by atoms with Crippen LogP contribution >= 0.6 is 11.8 Å². The lowest BCUT2D eigenvalue weighted by molar-refractivity contribution is -0.128. The van der Waals surface area contributed by atoms with Crippen molar-refractivity contribution in [3.05, 3.63) is 108 Å². The van der Waals surface area contributed by atoms with Crippen LogP contribution in [0, 0.1) is 0 Å². The Morgan fingerprint density at radius 2 is 1.43 bits per heavy atom. The number of benzene rings is 3. The highest BCUT2D eigenvalue weighted by Gasteiger charge is 2.23. The van der Waals surface area contributed by atoms with E-state index in [0.717, 1.165) is 16.8 Å². The Kier molecular flexibility index (Phi) is 6.25. The maximum Gasteiger partial charge on any atom is 0.233 e. The zero-order valence-corrected chi connectivity index (χ0v) is 17.4. The molecule has 30 heavy (non-hydrogen) atoms. The van der Waals surface area contributed by atoms with Crippen LogP contribution in [0.4, 0.5) is 0 Å². The minimum Gasteiger partial charge on any atom is -0.334 e. The van der Waals surface area contributed by atoms with Gasteiger partial charge in [-0.1, -0.05) is 90.6 Å². The standard InChI is InChI=1S/C24H22N4OS/c1-27(23(19-11-5-2-6-12-19)20-13-7-3-8-14-20)22(29)17-30-24-25-18-28(26-24)21-15-9-4-10-16-21/h2-16,18,23H,17H2,1H3. The van der Waals surface area contributed by atoms with Crippen LogP contribution in [0.1, 0.15) is 17.2 Å². The summed E-state index contributed by atoms with van der Waals surface area (Å²) in [5, 5.41) is 5.05. The molecule has 6 heteroatoms. The molecular weight excluding hydrogens is 392 g/mol. The summed E-state index contributed by atoms with van der Waals surface area (Å²) in [5.41, 5.74) is 3.10. The fourth-order valence-electron chi connectivity index (χ4n) is 3.30. The van der Waals surface area contributed by atoms with Crippen LogP contribution in [0.15, 0.2) is 102 Å². The van der Waals surface area contributed by atoms with Gasteiger partial charge in [-0.25, -0.2) is 9.67 Å². The van der Waals surface area contributed by atoms with E-state index in [2.05, 4.69) is 34.3 Å². The molecule has 4 aromatic rings. The lowest BCUT2D eigenvalue weighted by Gasteiger charge is -2.29. The normalized spacial score (nSPS) is 10.9. The van der Waals surface area contributed by atoms with Crippen molar-refractivity contribution in [1.82, 2.24) is 19.7 Å². The van der Waals surface area contributed by atoms with Gasteiger partial charge in [-0.2, -0.15) is 0 Å². The fourth-order valence-corrected chi connectivity index (χ4v) is 4.03. The first-order chi connectivity index (χ1) is 14.7. The van der Waals surface area contributed by atoms with E-state index >= 15 is 0 Å². The van der Waals surface area contributed by atoms with Gasteiger partial charge in [0.15, 0.2) is 0 Å². The Labute approximate surface area is 180 Å². The second kappa shape index (κ2) is 9.41. The van der Waals surface area contributed by atoms with Gasteiger partial charge in [-0.05, 0) is 23.3 Å². The molecule has 4 rings (SSSR count). The lowest BCUT2D eigenvalue weighted by Crippen LogP contribution is -2.33. The summed E-state index contributed by atoms with van der Waals surface area (Å²) in [6, 6.07) is 29.8. The SMILES string of the molecule is CN(C(=O)CSc1ncn(-c2ccccc2)n1)C(c1ccccc1)c1ccccc1. The minimum atomic E-state index is -0.143. The second-order valence-electron chi connectivity index (χ2n) is 6.82. The van der Waals surface area contributed by atoms with Gasteiger partial charge in [0.25, 0.3) is 0 Å². The van der Waals surface area contributed by atoms with Crippen LogP contribution in [-0.4, -0.2) is 38.4 Å². The number of hydrogen-bond acceptors (Lipinski definition) is 4. The molecule has 0 bridgehead atoms. The smallest absolute Gasteiger partial charge is 0.233 e. The van der Waals surface area contributed by atoms with Gasteiger partial charge in [0.05, 0.1) is 17.5 Å². The zero-order valence-electron chi connectivity index (χ0n) is 16.6. The fraction of sp³-hybridized carbons (Fsp3) is 0.125. The molecule has 0 aliphatic rings. The van der Waals surface area contributed by atoms with E-state index in [9.17, 15) is 4.79 Å². The van der Waals surface area contributed by atoms with Crippen molar-refractivity contribution in [3.63, 3.8) is 0 Å². The molecule has 1 amide bonds. The zero-order chi connectivity index (χ0) is 20.8. The third-order valence-corrected chi connectivity index (χ3v) is 5.66. The number of hydrogen-bond donors (Lipinski definition) is 0. The Balaban J connectivity index is 1.47. The van der Waals surface area contributed by atoms with E-state index in [4.69, 9.17) is 0 Å². The molecule has 0 spiro atoms. The molecule has 0 saturated carbocycles. The maximum atomic E-state index is 13.0. The number of carbonyl (C=O) groups excluding carboxylic acids is 1. The topological polar surface area (TPSA) is 51.0 Å². The summed E-state index contributed by atoms with van der Waals surface area (Å²) >= 11 is 1.35. The highest BCUT2D eigenvalue weighted by Crippen LogP contribution is 2.28. The number of rotatable bonds is 7. The molecular formula is C24H22N4OS. The van der Waals surface area contributed by atoms with Crippen LogP contribution in [0.5, 0.6) is 0 Å². The molecule has 0 radical (unpaired) electrons. The summed E-state index contributed by atoms with van der Waals surface area (Å²) in [5.74, 6) is 0.291. The van der Waals surface area contributed by atoms with Crippen LogP contribution in [0.2, 0.25) is 0 Å². The molecule has 0 aliphatic carbocycles. The van der Waals surface area contributed by atoms with E-state index in [1.165, 1.54) is 11.8 Å². The number of amides is 1. The highest BCUT2D eigenvalue weighted by atomic mass is 32.2. The summed E-state index contributed by atoms with van der Waals surface area (Å²) in [4.78, 5) is 19.2. The number of para-hydroxylation sites is 1. The molecule has 0 fully saturated rings. The molecule has 1 heterocycles. The molecule has 1 aromatic heterocycles. The third kappa shape index (κ3) is 4.60. The van der Waals surface area contributed by atoms with Crippen LogP contribution in [0.3, 0.4) is 0 Å². The van der Waals surface area contributed by atoms with E-state index in [0.29, 0.717) is 5.16 Å². The largest absolute Gasteiger partial charge is 0.334 e. The van der Waals surface area contributed by atoms with Gasteiger partial charge in [0, 0.05) is 7.05 Å². The second-order valence-corrected chi connectivity index (χ2v) is 7.77. The minimum absolute atomic E-state index is 0.0220. The maximum absolute atomic E-state index is 13.0. The van der Waals surface area contributed by atoms with Gasteiger partial charge in [-0.15, -0.1) is 5.10 Å². The van der Waals surface area contributed by atoms with Crippen molar-refractivity contribution in [2.45, 2.75) is 11.2 Å². The Morgan fingerprint density at radius 3 is 2.00 bits per heavy atom. The average molecular weight is 415 g/mol. The first-order valence-electron chi connectivity index (χ1n) is 9.68. The van der Waals surface area contributed by atoms with Crippen molar-refractivity contribution in [2.75, 3.05) is 12.8 Å². The predicted molar refractivity (Wildman–Crippen MR) is 120 cm³/mol. The summed E-state index contributed by atoms with van der Waals surface area (Å²) in [7, 11) is 1.85. The number of nitrogens with zero attached hydrogens (tertiary/aromatic N) is 4. The van der Waals surface area contributed by atoms with E-state index in [-0.39, 0.29) is 17.7 Å². The third-order valence-electron chi connectivity index (χ3n) is 4.83. The van der Waals surface area contributed by atoms with Crippen molar-refractivity contribution in [2.24, 2.45) is 0 Å². The summed E-state index contributed by atoms with van der Waals surface area (Å²) in [6.07, 6.45) is 1.67. The van der Waals surface area contributed by atoms with Crippen LogP contribution < -0.4 is 0 Å². The van der Waals surface area contributed by atoms with Gasteiger partial charge in [-0.3, -0.25) is 4.79 Å². The molecule has 0 aliphatic heterocycles. The molecule has 0 N–H and O–H groups in total. The monoisotopic (exact) mass is 414 g/mol. The molecule has 0 saturated heterocycles. The van der Waals surface area contributed by atoms with Crippen molar-refractivity contribution in [3.8, 4) is 5.69 Å². The molecule has 5 nitrogen and oxygen atoms in total. The first-order valence-corrected chi connectivity index (χ1v) is 10.7. The molecule has 150 valence electrons. The predicted octanol–water partition coefficient (Wildman–Crippen LogP) is 4.61. The molecule has 0 unspecified atom stereocenters. The highest BCUT2D eigenvalue weighted by molar-refractivity contribution is 7.99. The Morgan fingerprint density at radius 1 is 0.900 bits per heavy atom. The van der Waals surface area contributed by atoms with Gasteiger partial charge in [0.1, 0.15) is 6.33 Å². The average Bonchev–Trinajstić information content (AvgIpc) is 3.29. The summed E-state index contributed by atoms with van der Waals surface area (Å²) in [6.45, 7) is 0. The lowest BCUT2D eigenvalue weighted by atomic mass is 9.97. The van der Waals surface area contributed by atoms with E-state index in [1.54, 1.807) is 15.9 Å². The van der Waals surface area contributed by atoms with E-state index < -0.39 is 0 Å². The number of carbonyl (C=O) groups is 1.